The Kier molecular flexibility index (Phi) is 5.07. The Morgan fingerprint density at radius 3 is 2.86 bits per heavy atom. The van der Waals surface area contributed by atoms with Crippen LogP contribution in [0.2, 0.25) is 0 Å². The van der Waals surface area contributed by atoms with Crippen LogP contribution in [0.1, 0.15) is 28.7 Å². The van der Waals surface area contributed by atoms with Crippen LogP contribution in [0, 0.1) is 6.92 Å². The number of nitrogens with one attached hydrogen (secondary N) is 3. The van der Waals surface area contributed by atoms with Crippen molar-refractivity contribution in [3.05, 3.63) is 41.3 Å². The molecule has 0 unspecified atom stereocenters. The summed E-state index contributed by atoms with van der Waals surface area (Å²) in [6.07, 6.45) is 0.985. The molecule has 0 atom stereocenters. The van der Waals surface area contributed by atoms with E-state index in [0.717, 1.165) is 5.69 Å². The predicted molar refractivity (Wildman–Crippen MR) is 79.4 cm³/mol. The maximum atomic E-state index is 12.1. The fourth-order valence-corrected chi connectivity index (χ4v) is 1.73. The highest BCUT2D eigenvalue weighted by Crippen LogP contribution is 2.08. The normalized spacial score (nSPS) is 10.1. The number of amides is 2. The van der Waals surface area contributed by atoms with Crippen molar-refractivity contribution >= 4 is 17.8 Å². The van der Waals surface area contributed by atoms with E-state index in [2.05, 4.69) is 25.8 Å². The van der Waals surface area contributed by atoms with Gasteiger partial charge in [-0.15, -0.1) is 0 Å². The first-order chi connectivity index (χ1) is 10.6. The minimum atomic E-state index is -0.522. The molecule has 8 nitrogen and oxygen atoms in total. The fourth-order valence-electron chi connectivity index (χ4n) is 1.73. The monoisotopic (exact) mass is 303 g/mol. The van der Waals surface area contributed by atoms with Crippen LogP contribution >= 0.6 is 0 Å². The molecule has 0 aromatic carbocycles. The summed E-state index contributed by atoms with van der Waals surface area (Å²) in [6, 6.07) is 4.91. The molecule has 0 aliphatic rings. The first kappa shape index (κ1) is 15.5. The van der Waals surface area contributed by atoms with Crippen molar-refractivity contribution < 1.29 is 14.3 Å². The molecule has 0 fully saturated rings. The van der Waals surface area contributed by atoms with E-state index < -0.39 is 6.09 Å². The van der Waals surface area contributed by atoms with Crippen molar-refractivity contribution in [2.75, 3.05) is 11.9 Å². The smallest absolute Gasteiger partial charge is 0.407 e. The summed E-state index contributed by atoms with van der Waals surface area (Å²) in [6.45, 7) is 4.04. The first-order valence-electron chi connectivity index (χ1n) is 6.77. The summed E-state index contributed by atoms with van der Waals surface area (Å²) in [7, 11) is 0. The lowest BCUT2D eigenvalue weighted by atomic mass is 10.2. The molecule has 8 heteroatoms. The van der Waals surface area contributed by atoms with Crippen LogP contribution in [-0.4, -0.2) is 33.8 Å². The van der Waals surface area contributed by atoms with Crippen molar-refractivity contribution in [1.29, 1.82) is 0 Å². The number of H-pyrrole nitrogens is 1. The topological polar surface area (TPSA) is 109 Å². The molecule has 116 valence electrons. The lowest BCUT2D eigenvalue weighted by molar-refractivity contribution is 0.102. The van der Waals surface area contributed by atoms with E-state index in [1.54, 1.807) is 25.1 Å². The summed E-state index contributed by atoms with van der Waals surface area (Å²) >= 11 is 0. The van der Waals surface area contributed by atoms with E-state index in [4.69, 9.17) is 4.74 Å². The van der Waals surface area contributed by atoms with E-state index >= 15 is 0 Å². The SMILES string of the molecule is CCOC(=O)NCc1cc(C(=O)Nc2cc(C)[nH]n2)ccn1. The third-order valence-electron chi connectivity index (χ3n) is 2.72. The van der Waals surface area contributed by atoms with Crippen LogP contribution in [0.15, 0.2) is 24.4 Å². The Morgan fingerprint density at radius 1 is 1.36 bits per heavy atom. The molecule has 2 aromatic heterocycles. The number of hydrogen-bond donors (Lipinski definition) is 3. The van der Waals surface area contributed by atoms with Crippen molar-refractivity contribution in [2.24, 2.45) is 0 Å². The molecule has 3 N–H and O–H groups in total. The van der Waals surface area contributed by atoms with Gasteiger partial charge in [0.2, 0.25) is 0 Å². The van der Waals surface area contributed by atoms with Gasteiger partial charge < -0.3 is 15.4 Å². The predicted octanol–water partition coefficient (Wildman–Crippen LogP) is 1.61. The Bertz CT molecular complexity index is 668. The van der Waals surface area contributed by atoms with E-state index in [0.29, 0.717) is 23.7 Å². The Hall–Kier alpha value is -2.90. The van der Waals surface area contributed by atoms with Gasteiger partial charge in [-0.05, 0) is 26.0 Å². The summed E-state index contributed by atoms with van der Waals surface area (Å²) in [5, 5.41) is 11.9. The molecule has 2 amide bonds. The van der Waals surface area contributed by atoms with Crippen LogP contribution in [0.25, 0.3) is 0 Å². The number of pyridine rings is 1. The highest BCUT2D eigenvalue weighted by atomic mass is 16.5. The van der Waals surface area contributed by atoms with E-state index in [1.807, 2.05) is 6.92 Å². The second-order valence-corrected chi connectivity index (χ2v) is 4.50. The van der Waals surface area contributed by atoms with Gasteiger partial charge in [0.25, 0.3) is 5.91 Å². The van der Waals surface area contributed by atoms with E-state index in [9.17, 15) is 9.59 Å². The zero-order valence-corrected chi connectivity index (χ0v) is 12.3. The number of alkyl carbamates (subject to hydrolysis) is 1. The number of ether oxygens (including phenoxy) is 1. The second-order valence-electron chi connectivity index (χ2n) is 4.50. The van der Waals surface area contributed by atoms with Crippen LogP contribution in [0.5, 0.6) is 0 Å². The number of aromatic nitrogens is 3. The average Bonchev–Trinajstić information content (AvgIpc) is 2.91. The number of aromatic amines is 1. The van der Waals surface area contributed by atoms with Gasteiger partial charge in [0.1, 0.15) is 0 Å². The minimum absolute atomic E-state index is 0.182. The lowest BCUT2D eigenvalue weighted by Gasteiger charge is -2.06. The van der Waals surface area contributed by atoms with Crippen molar-refractivity contribution in [3.63, 3.8) is 0 Å². The number of aryl methyl sites for hydroxylation is 1. The van der Waals surface area contributed by atoms with Crippen LogP contribution in [0.3, 0.4) is 0 Å². The molecule has 0 aliphatic carbocycles. The number of rotatable bonds is 5. The summed E-state index contributed by atoms with van der Waals surface area (Å²) in [5.41, 5.74) is 1.83. The first-order valence-corrected chi connectivity index (χ1v) is 6.77. The molecule has 0 spiro atoms. The summed E-state index contributed by atoms with van der Waals surface area (Å²) in [5.74, 6) is 0.150. The van der Waals surface area contributed by atoms with Gasteiger partial charge in [0, 0.05) is 23.5 Å². The van der Waals surface area contributed by atoms with Gasteiger partial charge in [-0.3, -0.25) is 14.9 Å². The van der Waals surface area contributed by atoms with Crippen molar-refractivity contribution in [2.45, 2.75) is 20.4 Å². The van der Waals surface area contributed by atoms with Crippen LogP contribution < -0.4 is 10.6 Å². The lowest BCUT2D eigenvalue weighted by Crippen LogP contribution is -2.24. The van der Waals surface area contributed by atoms with Gasteiger partial charge >= 0.3 is 6.09 Å². The standard InChI is InChI=1S/C14H17N5O3/c1-3-22-14(21)16-8-11-7-10(4-5-15-11)13(20)17-12-6-9(2)18-19-12/h4-7H,3,8H2,1-2H3,(H,16,21)(H2,17,18,19,20). The molecular weight excluding hydrogens is 286 g/mol. The Labute approximate surface area is 127 Å². The highest BCUT2D eigenvalue weighted by molar-refractivity contribution is 6.03. The molecule has 0 bridgehead atoms. The zero-order valence-electron chi connectivity index (χ0n) is 12.3. The van der Waals surface area contributed by atoms with Crippen molar-refractivity contribution in [3.8, 4) is 0 Å². The number of anilines is 1. The maximum Gasteiger partial charge on any atom is 0.407 e. The number of nitrogens with zero attached hydrogens (tertiary/aromatic N) is 2. The number of carbonyl (C=O) groups is 2. The minimum Gasteiger partial charge on any atom is -0.450 e. The zero-order chi connectivity index (χ0) is 15.9. The molecule has 22 heavy (non-hydrogen) atoms. The van der Waals surface area contributed by atoms with Crippen LogP contribution in [-0.2, 0) is 11.3 Å². The fraction of sp³-hybridized carbons (Fsp3) is 0.286. The van der Waals surface area contributed by atoms with E-state index in [1.165, 1.54) is 6.20 Å². The Balaban J connectivity index is 1.98. The van der Waals surface area contributed by atoms with Gasteiger partial charge in [-0.25, -0.2) is 4.79 Å². The Morgan fingerprint density at radius 2 is 2.18 bits per heavy atom. The molecule has 0 aliphatic heterocycles. The molecular formula is C14H17N5O3. The molecule has 2 aromatic rings. The van der Waals surface area contributed by atoms with Gasteiger partial charge in [0.15, 0.2) is 5.82 Å². The largest absolute Gasteiger partial charge is 0.450 e. The third kappa shape index (κ3) is 4.30. The second kappa shape index (κ2) is 7.21. The quantitative estimate of drug-likeness (QED) is 0.777. The number of hydrogen-bond acceptors (Lipinski definition) is 5. The third-order valence-corrected chi connectivity index (χ3v) is 2.72. The van der Waals surface area contributed by atoms with Crippen LogP contribution in [0.4, 0.5) is 10.6 Å². The van der Waals surface area contributed by atoms with Gasteiger partial charge in [0.05, 0.1) is 18.8 Å². The highest BCUT2D eigenvalue weighted by Gasteiger charge is 2.10. The molecule has 2 rings (SSSR count). The molecule has 0 saturated heterocycles. The molecule has 0 radical (unpaired) electrons. The summed E-state index contributed by atoms with van der Waals surface area (Å²) < 4.78 is 4.75. The average molecular weight is 303 g/mol. The van der Waals surface area contributed by atoms with Gasteiger partial charge in [-0.2, -0.15) is 5.10 Å². The van der Waals surface area contributed by atoms with E-state index in [-0.39, 0.29) is 12.5 Å². The number of carbonyl (C=O) groups excluding carboxylic acids is 2. The molecule has 2 heterocycles. The maximum absolute atomic E-state index is 12.1. The van der Waals surface area contributed by atoms with Gasteiger partial charge in [-0.1, -0.05) is 0 Å². The molecule has 0 saturated carbocycles. The van der Waals surface area contributed by atoms with Crippen molar-refractivity contribution in [1.82, 2.24) is 20.5 Å². The summed E-state index contributed by atoms with van der Waals surface area (Å²) in [4.78, 5) is 27.4.